The largest absolute Gasteiger partial charge is 0.332 e. The van der Waals surface area contributed by atoms with Gasteiger partial charge in [-0.1, -0.05) is 6.07 Å². The first-order valence-corrected chi connectivity index (χ1v) is 10.2. The van der Waals surface area contributed by atoms with Crippen LogP contribution in [0.1, 0.15) is 22.5 Å². The van der Waals surface area contributed by atoms with Gasteiger partial charge in [0, 0.05) is 31.0 Å². The molecule has 0 unspecified atom stereocenters. The lowest BCUT2D eigenvalue weighted by molar-refractivity contribution is 0.0737. The third kappa shape index (κ3) is 5.10. The number of nitriles is 1. The fourth-order valence-electron chi connectivity index (χ4n) is 3.39. The van der Waals surface area contributed by atoms with Crippen molar-refractivity contribution >= 4 is 5.91 Å². The topological polar surface area (TPSA) is 74.8 Å². The first-order valence-electron chi connectivity index (χ1n) is 10.2. The highest BCUT2D eigenvalue weighted by Crippen LogP contribution is 2.24. The molecule has 0 N–H and O–H groups in total. The van der Waals surface area contributed by atoms with Crippen LogP contribution in [0.2, 0.25) is 0 Å². The molecule has 6 nitrogen and oxygen atoms in total. The molecule has 0 fully saturated rings. The van der Waals surface area contributed by atoms with Gasteiger partial charge in [0.15, 0.2) is 0 Å². The molecule has 2 aromatic carbocycles. The third-order valence-electron chi connectivity index (χ3n) is 5.02. The van der Waals surface area contributed by atoms with E-state index in [1.54, 1.807) is 41.6 Å². The van der Waals surface area contributed by atoms with E-state index < -0.39 is 5.82 Å². The molecule has 0 bridgehead atoms. The van der Waals surface area contributed by atoms with Crippen LogP contribution in [0.15, 0.2) is 79.1 Å². The summed E-state index contributed by atoms with van der Waals surface area (Å²) >= 11 is 0. The van der Waals surface area contributed by atoms with Gasteiger partial charge < -0.3 is 4.90 Å². The van der Waals surface area contributed by atoms with Crippen molar-refractivity contribution in [3.05, 3.63) is 102 Å². The van der Waals surface area contributed by atoms with Gasteiger partial charge in [-0.2, -0.15) is 10.4 Å². The van der Waals surface area contributed by atoms with Gasteiger partial charge in [0.05, 0.1) is 23.9 Å². The van der Waals surface area contributed by atoms with Crippen LogP contribution >= 0.6 is 0 Å². The Balaban J connectivity index is 1.77. The maximum Gasteiger partial charge on any atom is 0.272 e. The van der Waals surface area contributed by atoms with E-state index in [1.807, 2.05) is 6.07 Å². The molecule has 8 heteroatoms. The average Bonchev–Trinajstić information content (AvgIpc) is 3.28. The molecule has 2 aromatic heterocycles. The Morgan fingerprint density at radius 2 is 1.73 bits per heavy atom. The van der Waals surface area contributed by atoms with Crippen molar-refractivity contribution in [3.8, 4) is 23.0 Å². The summed E-state index contributed by atoms with van der Waals surface area (Å²) in [6, 6.07) is 18.7. The minimum atomic E-state index is -0.412. The van der Waals surface area contributed by atoms with Gasteiger partial charge in [0.1, 0.15) is 17.3 Å². The molecule has 4 aromatic rings. The summed E-state index contributed by atoms with van der Waals surface area (Å²) in [6.45, 7) is 0.472. The van der Waals surface area contributed by atoms with Crippen LogP contribution < -0.4 is 0 Å². The molecule has 0 aliphatic rings. The second-order valence-electron chi connectivity index (χ2n) is 7.31. The second kappa shape index (κ2) is 9.83. The predicted molar refractivity (Wildman–Crippen MR) is 118 cm³/mol. The zero-order valence-electron chi connectivity index (χ0n) is 17.5. The summed E-state index contributed by atoms with van der Waals surface area (Å²) in [4.78, 5) is 19.3. The molecule has 0 saturated carbocycles. The van der Waals surface area contributed by atoms with Crippen molar-refractivity contribution in [1.29, 1.82) is 5.26 Å². The average molecular weight is 443 g/mol. The summed E-state index contributed by atoms with van der Waals surface area (Å²) in [5, 5.41) is 13.6. The number of rotatable bonds is 7. The maximum absolute atomic E-state index is 13.6. The van der Waals surface area contributed by atoms with Gasteiger partial charge in [-0.25, -0.2) is 13.5 Å². The highest BCUT2D eigenvalue weighted by atomic mass is 19.1. The number of carbonyl (C=O) groups excluding carboxylic acids is 1. The van der Waals surface area contributed by atoms with Crippen LogP contribution in [0.3, 0.4) is 0 Å². The molecule has 0 saturated heterocycles. The van der Waals surface area contributed by atoms with E-state index in [0.717, 1.165) is 5.56 Å². The van der Waals surface area contributed by atoms with Gasteiger partial charge in [0.2, 0.25) is 0 Å². The zero-order valence-corrected chi connectivity index (χ0v) is 17.5. The minimum absolute atomic E-state index is 0.154. The summed E-state index contributed by atoms with van der Waals surface area (Å²) in [6.07, 6.45) is 3.46. The third-order valence-corrected chi connectivity index (χ3v) is 5.02. The summed E-state index contributed by atoms with van der Waals surface area (Å²) in [5.74, 6) is -1.14. The van der Waals surface area contributed by atoms with Crippen molar-refractivity contribution in [2.45, 2.75) is 13.0 Å². The van der Waals surface area contributed by atoms with Gasteiger partial charge in [-0.3, -0.25) is 9.78 Å². The summed E-state index contributed by atoms with van der Waals surface area (Å²) < 4.78 is 28.3. The van der Waals surface area contributed by atoms with Gasteiger partial charge in [-0.15, -0.1) is 0 Å². The van der Waals surface area contributed by atoms with E-state index in [9.17, 15) is 13.6 Å². The number of hydrogen-bond acceptors (Lipinski definition) is 4. The van der Waals surface area contributed by atoms with Gasteiger partial charge in [-0.05, 0) is 66.2 Å². The van der Waals surface area contributed by atoms with Crippen LogP contribution in [0.4, 0.5) is 8.78 Å². The Kier molecular flexibility index (Phi) is 6.51. The Bertz CT molecular complexity index is 1280. The predicted octanol–water partition coefficient (Wildman–Crippen LogP) is 4.77. The number of pyridine rings is 1. The Hall–Kier alpha value is -4.38. The SMILES string of the molecule is N#CCCN(Cc1cccnc1)C(=O)c1cc(-c2ccc(F)cc2)nn1-c1ccc(F)cc1. The fraction of sp³-hybridized carbons (Fsp3) is 0.120. The van der Waals surface area contributed by atoms with Crippen LogP contribution in [0.25, 0.3) is 16.9 Å². The molecule has 4 rings (SSSR count). The standard InChI is InChI=1S/C25H19F2N5O/c26-20-6-4-19(5-7-20)23-15-24(32(30-23)22-10-8-21(27)9-11-22)25(33)31(14-2-12-28)17-18-3-1-13-29-16-18/h1,3-11,13,15-16H,2,14,17H2. The lowest BCUT2D eigenvalue weighted by atomic mass is 10.1. The van der Waals surface area contributed by atoms with E-state index in [2.05, 4.69) is 16.2 Å². The zero-order chi connectivity index (χ0) is 23.2. The van der Waals surface area contributed by atoms with Gasteiger partial charge >= 0.3 is 0 Å². The first-order chi connectivity index (χ1) is 16.0. The van der Waals surface area contributed by atoms with E-state index in [-0.39, 0.29) is 36.9 Å². The number of hydrogen-bond donors (Lipinski definition) is 0. The molecule has 1 amide bonds. The number of carbonyl (C=O) groups is 1. The highest BCUT2D eigenvalue weighted by molar-refractivity contribution is 5.94. The molecule has 0 radical (unpaired) electrons. The van der Waals surface area contributed by atoms with E-state index in [1.165, 1.54) is 41.1 Å². The first kappa shape index (κ1) is 21.8. The molecular weight excluding hydrogens is 424 g/mol. The Morgan fingerprint density at radius 3 is 2.36 bits per heavy atom. The minimum Gasteiger partial charge on any atom is -0.332 e. The van der Waals surface area contributed by atoms with Crippen LogP contribution in [-0.2, 0) is 6.54 Å². The lowest BCUT2D eigenvalue weighted by Gasteiger charge is -2.22. The van der Waals surface area contributed by atoms with Gasteiger partial charge in [0.25, 0.3) is 5.91 Å². The van der Waals surface area contributed by atoms with E-state index >= 15 is 0 Å². The molecule has 0 aliphatic carbocycles. The molecule has 33 heavy (non-hydrogen) atoms. The van der Waals surface area contributed by atoms with Crippen LogP contribution in [0.5, 0.6) is 0 Å². The second-order valence-corrected chi connectivity index (χ2v) is 7.31. The van der Waals surface area contributed by atoms with Crippen LogP contribution in [0, 0.1) is 23.0 Å². The van der Waals surface area contributed by atoms with Crippen molar-refractivity contribution < 1.29 is 13.6 Å². The van der Waals surface area contributed by atoms with Crippen molar-refractivity contribution in [3.63, 3.8) is 0 Å². The number of amides is 1. The molecule has 0 aliphatic heterocycles. The normalized spacial score (nSPS) is 10.6. The Morgan fingerprint density at radius 1 is 1.03 bits per heavy atom. The monoisotopic (exact) mass is 443 g/mol. The fourth-order valence-corrected chi connectivity index (χ4v) is 3.39. The molecule has 2 heterocycles. The molecule has 0 atom stereocenters. The maximum atomic E-state index is 13.6. The summed E-state index contributed by atoms with van der Waals surface area (Å²) in [7, 11) is 0. The summed E-state index contributed by atoms with van der Waals surface area (Å²) in [5.41, 5.74) is 2.64. The Labute approximate surface area is 189 Å². The van der Waals surface area contributed by atoms with Crippen molar-refractivity contribution in [1.82, 2.24) is 19.7 Å². The number of benzene rings is 2. The lowest BCUT2D eigenvalue weighted by Crippen LogP contribution is -2.33. The smallest absolute Gasteiger partial charge is 0.272 e. The number of nitrogens with zero attached hydrogens (tertiary/aromatic N) is 5. The van der Waals surface area contributed by atoms with Crippen molar-refractivity contribution in [2.75, 3.05) is 6.54 Å². The number of halogens is 2. The number of aromatic nitrogens is 3. The van der Waals surface area contributed by atoms with Crippen molar-refractivity contribution in [2.24, 2.45) is 0 Å². The quantitative estimate of drug-likeness (QED) is 0.412. The molecule has 164 valence electrons. The molecule has 0 spiro atoms. The van der Waals surface area contributed by atoms with Crippen LogP contribution in [-0.4, -0.2) is 32.1 Å². The van der Waals surface area contributed by atoms with E-state index in [0.29, 0.717) is 16.9 Å². The molecular formula is C25H19F2N5O. The highest BCUT2D eigenvalue weighted by Gasteiger charge is 2.23. The van der Waals surface area contributed by atoms with E-state index in [4.69, 9.17) is 5.26 Å².